The van der Waals surface area contributed by atoms with Crippen LogP contribution in [0.2, 0.25) is 0 Å². The highest BCUT2D eigenvalue weighted by Crippen LogP contribution is 2.22. The molecule has 0 radical (unpaired) electrons. The maximum Gasteiger partial charge on any atom is 0.211 e. The van der Waals surface area contributed by atoms with Crippen molar-refractivity contribution in [3.8, 4) is 0 Å². The number of hydrogen-bond acceptors (Lipinski definition) is 4. The molecule has 1 aliphatic heterocycles. The Bertz CT molecular complexity index is 567. The molecule has 1 fully saturated rings. The number of aromatic amines is 1. The maximum atomic E-state index is 11.7. The Morgan fingerprint density at radius 2 is 2.24 bits per heavy atom. The van der Waals surface area contributed by atoms with Gasteiger partial charge in [0, 0.05) is 38.4 Å². The molecule has 1 unspecified atom stereocenters. The number of piperidine rings is 1. The minimum atomic E-state index is -3.07. The van der Waals surface area contributed by atoms with Gasteiger partial charge in [0.05, 0.1) is 6.26 Å². The molecule has 2 rings (SSSR count). The van der Waals surface area contributed by atoms with Crippen LogP contribution in [0.5, 0.6) is 0 Å². The number of anilines is 1. The molecule has 120 valence electrons. The van der Waals surface area contributed by atoms with Crippen LogP contribution in [-0.2, 0) is 10.0 Å². The predicted molar refractivity (Wildman–Crippen MR) is 85.1 cm³/mol. The van der Waals surface area contributed by atoms with Gasteiger partial charge < -0.3 is 4.90 Å². The van der Waals surface area contributed by atoms with Crippen molar-refractivity contribution in [3.63, 3.8) is 0 Å². The second-order valence-corrected chi connectivity index (χ2v) is 8.33. The molecule has 1 aromatic rings. The van der Waals surface area contributed by atoms with E-state index in [1.165, 1.54) is 6.26 Å². The normalized spacial score (nSPS) is 20.9. The first kappa shape index (κ1) is 16.3. The highest BCUT2D eigenvalue weighted by atomic mass is 32.2. The Morgan fingerprint density at radius 3 is 2.81 bits per heavy atom. The molecule has 0 aliphatic carbocycles. The highest BCUT2D eigenvalue weighted by Gasteiger charge is 2.26. The number of rotatable bonds is 5. The molecule has 0 saturated carbocycles. The van der Waals surface area contributed by atoms with E-state index in [-0.39, 0.29) is 0 Å². The van der Waals surface area contributed by atoms with Gasteiger partial charge in [0.1, 0.15) is 5.82 Å². The minimum absolute atomic E-state index is 0.359. The highest BCUT2D eigenvalue weighted by molar-refractivity contribution is 7.88. The topological polar surface area (TPSA) is 69.3 Å². The largest absolute Gasteiger partial charge is 0.358 e. The van der Waals surface area contributed by atoms with Crippen molar-refractivity contribution >= 4 is 15.8 Å². The minimum Gasteiger partial charge on any atom is -0.358 e. The van der Waals surface area contributed by atoms with E-state index in [0.29, 0.717) is 24.9 Å². The Kier molecular flexibility index (Phi) is 4.93. The van der Waals surface area contributed by atoms with Gasteiger partial charge in [-0.1, -0.05) is 13.8 Å². The molecule has 1 aromatic heterocycles. The first-order valence-electron chi connectivity index (χ1n) is 7.49. The summed E-state index contributed by atoms with van der Waals surface area (Å²) in [4.78, 5) is 2.11. The molecule has 0 aromatic carbocycles. The Morgan fingerprint density at radius 1 is 1.52 bits per heavy atom. The van der Waals surface area contributed by atoms with Crippen molar-refractivity contribution in [3.05, 3.63) is 11.8 Å². The van der Waals surface area contributed by atoms with E-state index in [1.54, 1.807) is 4.31 Å². The third kappa shape index (κ3) is 4.20. The molecular formula is C14H26N4O2S. The van der Waals surface area contributed by atoms with Crippen LogP contribution in [-0.4, -0.2) is 55.9 Å². The molecule has 1 atom stereocenters. The lowest BCUT2D eigenvalue weighted by Crippen LogP contribution is -2.42. The van der Waals surface area contributed by atoms with Gasteiger partial charge in [-0.3, -0.25) is 5.10 Å². The van der Waals surface area contributed by atoms with E-state index in [0.717, 1.165) is 30.9 Å². The summed E-state index contributed by atoms with van der Waals surface area (Å²) < 4.78 is 24.9. The predicted octanol–water partition coefficient (Wildman–Crippen LogP) is 1.64. The SMILES string of the molecule is CC(C)c1cc(N(C)CC2CCCN(S(C)(=O)=O)C2)n[nH]1. The van der Waals surface area contributed by atoms with Crippen LogP contribution in [0.4, 0.5) is 5.82 Å². The Hall–Kier alpha value is -1.08. The summed E-state index contributed by atoms with van der Waals surface area (Å²) in [5.74, 6) is 1.71. The average Bonchev–Trinajstić information content (AvgIpc) is 2.88. The van der Waals surface area contributed by atoms with E-state index < -0.39 is 10.0 Å². The second kappa shape index (κ2) is 6.36. The molecule has 1 saturated heterocycles. The summed E-state index contributed by atoms with van der Waals surface area (Å²) in [7, 11) is -1.06. The summed E-state index contributed by atoms with van der Waals surface area (Å²) in [6, 6.07) is 2.07. The van der Waals surface area contributed by atoms with E-state index in [2.05, 4.69) is 35.0 Å². The van der Waals surface area contributed by atoms with Gasteiger partial charge in [0.15, 0.2) is 0 Å². The van der Waals surface area contributed by atoms with Crippen LogP contribution in [0.3, 0.4) is 0 Å². The zero-order valence-corrected chi connectivity index (χ0v) is 14.2. The first-order valence-corrected chi connectivity index (χ1v) is 9.33. The lowest BCUT2D eigenvalue weighted by atomic mass is 9.99. The fourth-order valence-corrected chi connectivity index (χ4v) is 3.72. The first-order chi connectivity index (χ1) is 9.77. The van der Waals surface area contributed by atoms with E-state index in [1.807, 2.05) is 7.05 Å². The van der Waals surface area contributed by atoms with Gasteiger partial charge in [0.2, 0.25) is 10.0 Å². The van der Waals surface area contributed by atoms with E-state index >= 15 is 0 Å². The molecule has 2 heterocycles. The summed E-state index contributed by atoms with van der Waals surface area (Å²) >= 11 is 0. The molecule has 0 bridgehead atoms. The zero-order chi connectivity index (χ0) is 15.6. The van der Waals surface area contributed by atoms with E-state index in [9.17, 15) is 8.42 Å². The smallest absolute Gasteiger partial charge is 0.211 e. The number of sulfonamides is 1. The molecular weight excluding hydrogens is 288 g/mol. The summed E-state index contributed by atoms with van der Waals surface area (Å²) in [5, 5.41) is 7.40. The summed E-state index contributed by atoms with van der Waals surface area (Å²) in [5.41, 5.74) is 1.12. The Balaban J connectivity index is 1.97. The number of nitrogens with one attached hydrogen (secondary N) is 1. The van der Waals surface area contributed by atoms with Crippen LogP contribution in [0.1, 0.15) is 38.3 Å². The van der Waals surface area contributed by atoms with Crippen LogP contribution in [0.15, 0.2) is 6.07 Å². The van der Waals surface area contributed by atoms with Crippen molar-refractivity contribution in [2.75, 3.05) is 37.8 Å². The molecule has 21 heavy (non-hydrogen) atoms. The van der Waals surface area contributed by atoms with Gasteiger partial charge >= 0.3 is 0 Å². The number of nitrogens with zero attached hydrogens (tertiary/aromatic N) is 3. The number of aromatic nitrogens is 2. The molecule has 0 spiro atoms. The van der Waals surface area contributed by atoms with Gasteiger partial charge in [-0.25, -0.2) is 12.7 Å². The maximum absolute atomic E-state index is 11.7. The lowest BCUT2D eigenvalue weighted by Gasteiger charge is -2.33. The second-order valence-electron chi connectivity index (χ2n) is 6.35. The fourth-order valence-electron chi connectivity index (χ4n) is 2.77. The monoisotopic (exact) mass is 314 g/mol. The van der Waals surface area contributed by atoms with Gasteiger partial charge in [0.25, 0.3) is 0 Å². The van der Waals surface area contributed by atoms with Crippen molar-refractivity contribution in [2.24, 2.45) is 5.92 Å². The number of H-pyrrole nitrogens is 1. The molecule has 1 aliphatic rings. The van der Waals surface area contributed by atoms with E-state index in [4.69, 9.17) is 0 Å². The van der Waals surface area contributed by atoms with Crippen LogP contribution in [0, 0.1) is 5.92 Å². The lowest BCUT2D eigenvalue weighted by molar-refractivity contribution is 0.271. The van der Waals surface area contributed by atoms with Crippen molar-refractivity contribution in [2.45, 2.75) is 32.6 Å². The standard InChI is InChI=1S/C14H26N4O2S/c1-11(2)13-8-14(16-15-13)17(3)9-12-6-5-7-18(10-12)21(4,19)20/h8,11-12H,5-7,9-10H2,1-4H3,(H,15,16). The molecule has 6 nitrogen and oxygen atoms in total. The third-order valence-corrected chi connectivity index (χ3v) is 5.35. The van der Waals surface area contributed by atoms with Crippen LogP contribution in [0.25, 0.3) is 0 Å². The van der Waals surface area contributed by atoms with Crippen molar-refractivity contribution < 1.29 is 8.42 Å². The van der Waals surface area contributed by atoms with Gasteiger partial charge in [-0.15, -0.1) is 0 Å². The van der Waals surface area contributed by atoms with Gasteiger partial charge in [-0.2, -0.15) is 5.10 Å². The van der Waals surface area contributed by atoms with Crippen LogP contribution < -0.4 is 4.90 Å². The summed E-state index contributed by atoms with van der Waals surface area (Å²) in [6.07, 6.45) is 3.29. The van der Waals surface area contributed by atoms with Gasteiger partial charge in [-0.05, 0) is 24.7 Å². The van der Waals surface area contributed by atoms with Crippen molar-refractivity contribution in [1.82, 2.24) is 14.5 Å². The average molecular weight is 314 g/mol. The Labute approximate surface area is 127 Å². The van der Waals surface area contributed by atoms with Crippen molar-refractivity contribution in [1.29, 1.82) is 0 Å². The third-order valence-electron chi connectivity index (χ3n) is 4.08. The summed E-state index contributed by atoms with van der Waals surface area (Å²) in [6.45, 7) is 6.35. The zero-order valence-electron chi connectivity index (χ0n) is 13.3. The molecule has 7 heteroatoms. The fraction of sp³-hybridized carbons (Fsp3) is 0.786. The molecule has 0 amide bonds. The molecule has 1 N–H and O–H groups in total. The van der Waals surface area contributed by atoms with Crippen LogP contribution >= 0.6 is 0 Å². The number of hydrogen-bond donors (Lipinski definition) is 1. The quantitative estimate of drug-likeness (QED) is 0.897.